The first-order valence-electron chi connectivity index (χ1n) is 8.25. The Morgan fingerprint density at radius 2 is 2.07 bits per heavy atom. The van der Waals surface area contributed by atoms with Crippen LogP contribution in [-0.2, 0) is 4.79 Å². The molecular formula is C18H18N4O3S2. The van der Waals surface area contributed by atoms with E-state index in [2.05, 4.69) is 29.1 Å². The van der Waals surface area contributed by atoms with E-state index in [0.717, 1.165) is 15.2 Å². The summed E-state index contributed by atoms with van der Waals surface area (Å²) in [5, 5.41) is 15.6. The van der Waals surface area contributed by atoms with Crippen LogP contribution < -0.4 is 5.32 Å². The molecule has 0 unspecified atom stereocenters. The lowest BCUT2D eigenvalue weighted by atomic mass is 10.2. The first kappa shape index (κ1) is 19.2. The van der Waals surface area contributed by atoms with Crippen molar-refractivity contribution < 1.29 is 9.72 Å². The van der Waals surface area contributed by atoms with Gasteiger partial charge in [-0.15, -0.1) is 23.1 Å². The minimum absolute atomic E-state index is 0.00569. The second kappa shape index (κ2) is 8.01. The maximum absolute atomic E-state index is 12.2. The van der Waals surface area contributed by atoms with Crippen molar-refractivity contribution in [1.82, 2.24) is 9.97 Å². The highest BCUT2D eigenvalue weighted by molar-refractivity contribution is 7.99. The molecule has 0 aliphatic heterocycles. The quantitative estimate of drug-likeness (QED) is 0.279. The number of aromatic nitrogens is 2. The Bertz CT molecular complexity index is 1030. The third-order valence-electron chi connectivity index (χ3n) is 4.19. The van der Waals surface area contributed by atoms with E-state index in [0.29, 0.717) is 17.0 Å². The van der Waals surface area contributed by atoms with Crippen molar-refractivity contribution in [1.29, 1.82) is 0 Å². The van der Waals surface area contributed by atoms with Crippen LogP contribution in [0.4, 0.5) is 11.4 Å². The summed E-state index contributed by atoms with van der Waals surface area (Å²) in [5.74, 6) is 0.365. The van der Waals surface area contributed by atoms with Crippen molar-refractivity contribution in [3.05, 3.63) is 50.6 Å². The Morgan fingerprint density at radius 1 is 1.30 bits per heavy atom. The molecule has 140 valence electrons. The lowest BCUT2D eigenvalue weighted by molar-refractivity contribution is -0.385. The number of nitrogens with zero attached hydrogens (tertiary/aromatic N) is 3. The molecule has 0 aliphatic rings. The van der Waals surface area contributed by atoms with Crippen molar-refractivity contribution in [3.63, 3.8) is 0 Å². The van der Waals surface area contributed by atoms with E-state index in [-0.39, 0.29) is 18.0 Å². The second-order valence-electron chi connectivity index (χ2n) is 6.05. The molecule has 9 heteroatoms. The molecule has 7 nitrogen and oxygen atoms in total. The zero-order chi connectivity index (χ0) is 19.6. The highest BCUT2D eigenvalue weighted by Crippen LogP contribution is 2.34. The molecule has 0 atom stereocenters. The second-order valence-corrected chi connectivity index (χ2v) is 8.33. The van der Waals surface area contributed by atoms with Gasteiger partial charge in [0.25, 0.3) is 5.69 Å². The largest absolute Gasteiger partial charge is 0.326 e. The number of fused-ring (bicyclic) bond motifs is 1. The smallest absolute Gasteiger partial charge is 0.274 e. The van der Waals surface area contributed by atoms with Gasteiger partial charge in [0.2, 0.25) is 5.91 Å². The summed E-state index contributed by atoms with van der Waals surface area (Å²) in [5.41, 5.74) is 2.15. The van der Waals surface area contributed by atoms with Crippen LogP contribution in [0.2, 0.25) is 0 Å². The highest BCUT2D eigenvalue weighted by atomic mass is 32.2. The minimum Gasteiger partial charge on any atom is -0.326 e. The number of thioether (sulfide) groups is 1. The zero-order valence-corrected chi connectivity index (χ0v) is 16.7. The number of nitro benzene ring substituents is 1. The predicted octanol–water partition coefficient (Wildman–Crippen LogP) is 4.65. The monoisotopic (exact) mass is 402 g/mol. The third-order valence-corrected chi connectivity index (χ3v) is 6.29. The SMILES string of the molecule is Cc1ccc(NC(=O)CCSc2ncnc3sc(C)c(C)c23)cc1[N+](=O)[O-]. The van der Waals surface area contributed by atoms with Gasteiger partial charge in [0.05, 0.1) is 4.92 Å². The minimum atomic E-state index is -0.452. The summed E-state index contributed by atoms with van der Waals surface area (Å²) in [4.78, 5) is 33.6. The van der Waals surface area contributed by atoms with Crippen LogP contribution in [0.25, 0.3) is 10.2 Å². The van der Waals surface area contributed by atoms with Gasteiger partial charge in [-0.3, -0.25) is 14.9 Å². The molecule has 2 heterocycles. The number of amides is 1. The number of nitrogens with one attached hydrogen (secondary N) is 1. The number of rotatable bonds is 6. The standard InChI is InChI=1S/C18H18N4O3S2/c1-10-4-5-13(8-14(10)22(24)25)21-15(23)6-7-26-17-16-11(2)12(3)27-18(16)20-9-19-17/h4-5,8-9H,6-7H2,1-3H3,(H,21,23). The lowest BCUT2D eigenvalue weighted by Gasteiger charge is -2.07. The topological polar surface area (TPSA) is 98.0 Å². The van der Waals surface area contributed by atoms with Crippen molar-refractivity contribution in [3.8, 4) is 0 Å². The molecule has 3 rings (SSSR count). The van der Waals surface area contributed by atoms with Crippen molar-refractivity contribution in [2.75, 3.05) is 11.1 Å². The molecule has 0 fully saturated rings. The number of anilines is 1. The number of carbonyl (C=O) groups excluding carboxylic acids is 1. The summed E-state index contributed by atoms with van der Waals surface area (Å²) >= 11 is 3.15. The van der Waals surface area contributed by atoms with Gasteiger partial charge in [-0.2, -0.15) is 0 Å². The maximum Gasteiger partial charge on any atom is 0.274 e. The average Bonchev–Trinajstić information content (AvgIpc) is 2.91. The number of nitro groups is 1. The normalized spacial score (nSPS) is 10.9. The fourth-order valence-corrected chi connectivity index (χ4v) is 4.67. The molecule has 1 aromatic carbocycles. The van der Waals surface area contributed by atoms with Gasteiger partial charge in [-0.25, -0.2) is 9.97 Å². The summed E-state index contributed by atoms with van der Waals surface area (Å²) in [6, 6.07) is 4.67. The Balaban J connectivity index is 1.62. The lowest BCUT2D eigenvalue weighted by Crippen LogP contribution is -2.12. The molecule has 0 bridgehead atoms. The maximum atomic E-state index is 12.2. The van der Waals surface area contributed by atoms with Crippen LogP contribution in [0.15, 0.2) is 29.6 Å². The number of hydrogen-bond donors (Lipinski definition) is 1. The third kappa shape index (κ3) is 4.25. The van der Waals surface area contributed by atoms with Crippen LogP contribution in [0.5, 0.6) is 0 Å². The summed E-state index contributed by atoms with van der Waals surface area (Å²) in [6.45, 7) is 5.78. The van der Waals surface area contributed by atoms with Crippen LogP contribution in [0.3, 0.4) is 0 Å². The zero-order valence-electron chi connectivity index (χ0n) is 15.1. The van der Waals surface area contributed by atoms with E-state index in [1.165, 1.54) is 28.3 Å². The molecule has 0 saturated carbocycles. The fraction of sp³-hybridized carbons (Fsp3) is 0.278. The van der Waals surface area contributed by atoms with Crippen LogP contribution in [0, 0.1) is 30.9 Å². The molecule has 0 aliphatic carbocycles. The van der Waals surface area contributed by atoms with Crippen molar-refractivity contribution in [2.24, 2.45) is 0 Å². The first-order chi connectivity index (χ1) is 12.9. The van der Waals surface area contributed by atoms with Crippen molar-refractivity contribution >= 4 is 50.6 Å². The van der Waals surface area contributed by atoms with E-state index in [1.54, 1.807) is 36.7 Å². The molecule has 0 spiro atoms. The van der Waals surface area contributed by atoms with E-state index < -0.39 is 4.92 Å². The van der Waals surface area contributed by atoms with Gasteiger partial charge >= 0.3 is 0 Å². The number of aryl methyl sites for hydroxylation is 3. The molecule has 0 radical (unpaired) electrons. The van der Waals surface area contributed by atoms with Gasteiger partial charge in [0.15, 0.2) is 0 Å². The van der Waals surface area contributed by atoms with Crippen LogP contribution >= 0.6 is 23.1 Å². The summed E-state index contributed by atoms with van der Waals surface area (Å²) in [6.07, 6.45) is 1.82. The van der Waals surface area contributed by atoms with Gasteiger partial charge < -0.3 is 5.32 Å². The molecular weight excluding hydrogens is 384 g/mol. The number of hydrogen-bond acceptors (Lipinski definition) is 7. The molecule has 2 aromatic heterocycles. The van der Waals surface area contributed by atoms with Gasteiger partial charge in [-0.1, -0.05) is 6.07 Å². The van der Waals surface area contributed by atoms with Crippen LogP contribution in [-0.4, -0.2) is 26.6 Å². The Morgan fingerprint density at radius 3 is 2.81 bits per heavy atom. The first-order valence-corrected chi connectivity index (χ1v) is 10.1. The highest BCUT2D eigenvalue weighted by Gasteiger charge is 2.14. The van der Waals surface area contributed by atoms with Crippen molar-refractivity contribution in [2.45, 2.75) is 32.2 Å². The van der Waals surface area contributed by atoms with E-state index in [1.807, 2.05) is 0 Å². The molecule has 1 amide bonds. The van der Waals surface area contributed by atoms with E-state index >= 15 is 0 Å². The van der Waals surface area contributed by atoms with E-state index in [9.17, 15) is 14.9 Å². The Kier molecular flexibility index (Phi) is 5.71. The predicted molar refractivity (Wildman–Crippen MR) is 109 cm³/mol. The Hall–Kier alpha value is -2.52. The average molecular weight is 403 g/mol. The number of carbonyl (C=O) groups is 1. The van der Waals surface area contributed by atoms with Gasteiger partial charge in [0, 0.05) is 39.8 Å². The summed E-state index contributed by atoms with van der Waals surface area (Å²) in [7, 11) is 0. The molecule has 3 aromatic rings. The van der Waals surface area contributed by atoms with E-state index in [4.69, 9.17) is 0 Å². The van der Waals surface area contributed by atoms with Gasteiger partial charge in [-0.05, 0) is 32.4 Å². The summed E-state index contributed by atoms with van der Waals surface area (Å²) < 4.78 is 0. The van der Waals surface area contributed by atoms with Gasteiger partial charge in [0.1, 0.15) is 16.2 Å². The Labute approximate surface area is 164 Å². The number of thiophene rings is 1. The molecule has 0 saturated heterocycles. The number of benzene rings is 1. The van der Waals surface area contributed by atoms with Crippen LogP contribution in [0.1, 0.15) is 22.4 Å². The fourth-order valence-electron chi connectivity index (χ4n) is 2.61. The molecule has 1 N–H and O–H groups in total. The molecule has 27 heavy (non-hydrogen) atoms.